The molecular formula is C32H41BrO7. The average molecular weight is 618 g/mol. The van der Waals surface area contributed by atoms with E-state index in [-0.39, 0.29) is 23.2 Å². The van der Waals surface area contributed by atoms with Crippen molar-refractivity contribution in [2.75, 3.05) is 32.8 Å². The molecule has 1 heterocycles. The van der Waals surface area contributed by atoms with Crippen LogP contribution in [0.5, 0.6) is 23.0 Å². The molecular weight excluding hydrogens is 576 g/mol. The fourth-order valence-corrected chi connectivity index (χ4v) is 5.55. The number of benzene rings is 2. The first-order chi connectivity index (χ1) is 19.5. The number of ether oxygens (including phenoxy) is 5. The maximum absolute atomic E-state index is 12.4. The molecule has 1 fully saturated rings. The molecule has 0 aromatic heterocycles. The zero-order chi connectivity index (χ0) is 28.5. The molecule has 1 aliphatic heterocycles. The number of carbonyl (C=O) groups excluding carboxylic acids is 2. The first-order valence-corrected chi connectivity index (χ1v) is 15.5. The van der Waals surface area contributed by atoms with Crippen LogP contribution in [-0.4, -0.2) is 50.6 Å². The highest BCUT2D eigenvalue weighted by atomic mass is 79.9. The number of hydrogen-bond acceptors (Lipinski definition) is 7. The standard InChI is InChI=1S/C32H41BrO7/c1-4-6-25-28(14-10-22-9-11-23(40-31(22)25)12-16-30(35)36-2)38-17-5-18-39-29-15-13-24(27(34)20-33)32(37-3)26(29)19-21-7-8-21/h10,13-15,21,23H,4-9,11-12,16-20H2,1-3H3. The van der Waals surface area contributed by atoms with Crippen molar-refractivity contribution >= 4 is 27.7 Å². The Morgan fingerprint density at radius 1 is 1.00 bits per heavy atom. The van der Waals surface area contributed by atoms with E-state index < -0.39 is 0 Å². The Morgan fingerprint density at radius 2 is 1.73 bits per heavy atom. The Labute approximate surface area is 246 Å². The summed E-state index contributed by atoms with van der Waals surface area (Å²) in [5.74, 6) is 3.60. The van der Waals surface area contributed by atoms with Gasteiger partial charge in [0, 0.05) is 24.0 Å². The first-order valence-electron chi connectivity index (χ1n) is 14.4. The lowest BCUT2D eigenvalue weighted by molar-refractivity contribution is -0.141. The van der Waals surface area contributed by atoms with Gasteiger partial charge < -0.3 is 23.7 Å². The molecule has 2 aromatic rings. The third-order valence-corrected chi connectivity index (χ3v) is 8.06. The molecule has 0 bridgehead atoms. The second-order valence-electron chi connectivity index (χ2n) is 10.6. The number of fused-ring (bicyclic) bond motifs is 1. The summed E-state index contributed by atoms with van der Waals surface area (Å²) < 4.78 is 29.3. The van der Waals surface area contributed by atoms with Gasteiger partial charge in [-0.05, 0) is 74.6 Å². The van der Waals surface area contributed by atoms with Gasteiger partial charge in [0.2, 0.25) is 0 Å². The summed E-state index contributed by atoms with van der Waals surface area (Å²) >= 11 is 3.28. The minimum atomic E-state index is -0.205. The molecule has 7 nitrogen and oxygen atoms in total. The van der Waals surface area contributed by atoms with Gasteiger partial charge >= 0.3 is 5.97 Å². The number of esters is 1. The van der Waals surface area contributed by atoms with E-state index in [0.717, 1.165) is 60.5 Å². The molecule has 218 valence electrons. The molecule has 1 atom stereocenters. The van der Waals surface area contributed by atoms with Crippen LogP contribution in [0.15, 0.2) is 24.3 Å². The maximum Gasteiger partial charge on any atom is 0.305 e. The van der Waals surface area contributed by atoms with Crippen LogP contribution >= 0.6 is 15.9 Å². The summed E-state index contributed by atoms with van der Waals surface area (Å²) in [4.78, 5) is 24.0. The number of methoxy groups -OCH3 is 2. The van der Waals surface area contributed by atoms with Gasteiger partial charge in [-0.15, -0.1) is 0 Å². The summed E-state index contributed by atoms with van der Waals surface area (Å²) in [6, 6.07) is 7.85. The predicted octanol–water partition coefficient (Wildman–Crippen LogP) is 6.67. The Kier molecular flexibility index (Phi) is 11.2. The number of rotatable bonds is 16. The molecule has 0 saturated heterocycles. The fraction of sp³-hybridized carbons (Fsp3) is 0.562. The SMILES string of the molecule is CCCc1c(OCCCOc2ccc(C(=O)CBr)c(OC)c2CC2CC2)ccc2c1OC(CCC(=O)OC)CC2. The van der Waals surface area contributed by atoms with Gasteiger partial charge in [0.1, 0.15) is 23.0 Å². The van der Waals surface area contributed by atoms with Gasteiger partial charge in [0.15, 0.2) is 5.78 Å². The van der Waals surface area contributed by atoms with Crippen LogP contribution in [0, 0.1) is 5.92 Å². The van der Waals surface area contributed by atoms with E-state index in [1.807, 2.05) is 6.07 Å². The van der Waals surface area contributed by atoms with E-state index in [1.165, 1.54) is 25.5 Å². The third kappa shape index (κ3) is 7.71. The molecule has 0 spiro atoms. The zero-order valence-electron chi connectivity index (χ0n) is 23.9. The molecule has 1 unspecified atom stereocenters. The third-order valence-electron chi connectivity index (χ3n) is 7.55. The number of halogens is 1. The van der Waals surface area contributed by atoms with Crippen LogP contribution < -0.4 is 18.9 Å². The largest absolute Gasteiger partial charge is 0.496 e. The topological polar surface area (TPSA) is 80.3 Å². The minimum Gasteiger partial charge on any atom is -0.496 e. The predicted molar refractivity (Wildman–Crippen MR) is 158 cm³/mol. The van der Waals surface area contributed by atoms with E-state index in [9.17, 15) is 9.59 Å². The average Bonchev–Trinajstić information content (AvgIpc) is 3.80. The summed E-state index contributed by atoms with van der Waals surface area (Å²) in [6.45, 7) is 3.15. The lowest BCUT2D eigenvalue weighted by atomic mass is 9.95. The van der Waals surface area contributed by atoms with Crippen molar-refractivity contribution in [2.24, 2.45) is 5.92 Å². The zero-order valence-corrected chi connectivity index (χ0v) is 25.5. The van der Waals surface area contributed by atoms with Crippen LogP contribution in [0.3, 0.4) is 0 Å². The van der Waals surface area contributed by atoms with Crippen LogP contribution in [0.2, 0.25) is 0 Å². The molecule has 0 radical (unpaired) electrons. The normalized spacial score (nSPS) is 16.1. The van der Waals surface area contributed by atoms with E-state index in [1.54, 1.807) is 13.2 Å². The van der Waals surface area contributed by atoms with Crippen molar-refractivity contribution in [3.05, 3.63) is 46.5 Å². The van der Waals surface area contributed by atoms with Gasteiger partial charge in [0.25, 0.3) is 0 Å². The molecule has 8 heteroatoms. The van der Waals surface area contributed by atoms with Gasteiger partial charge in [-0.25, -0.2) is 0 Å². The van der Waals surface area contributed by atoms with Crippen LogP contribution in [-0.2, 0) is 28.8 Å². The highest BCUT2D eigenvalue weighted by molar-refractivity contribution is 9.09. The monoisotopic (exact) mass is 616 g/mol. The van der Waals surface area contributed by atoms with E-state index in [2.05, 4.69) is 35.0 Å². The number of ketones is 1. The number of aryl methyl sites for hydroxylation is 1. The smallest absolute Gasteiger partial charge is 0.305 e. The van der Waals surface area contributed by atoms with Crippen molar-refractivity contribution in [3.8, 4) is 23.0 Å². The summed E-state index contributed by atoms with van der Waals surface area (Å²) in [6.07, 6.45) is 8.64. The van der Waals surface area contributed by atoms with E-state index >= 15 is 0 Å². The van der Waals surface area contributed by atoms with Crippen LogP contribution in [0.1, 0.15) is 78.9 Å². The quantitative estimate of drug-likeness (QED) is 0.0901. The maximum atomic E-state index is 12.4. The lowest BCUT2D eigenvalue weighted by Crippen LogP contribution is -2.25. The number of carbonyl (C=O) groups is 2. The Morgan fingerprint density at radius 3 is 2.38 bits per heavy atom. The van der Waals surface area contributed by atoms with Crippen molar-refractivity contribution in [2.45, 2.75) is 77.2 Å². The summed E-state index contributed by atoms with van der Waals surface area (Å²) in [5.41, 5.74) is 3.88. The van der Waals surface area contributed by atoms with Gasteiger partial charge in [0.05, 0.1) is 44.4 Å². The van der Waals surface area contributed by atoms with Crippen LogP contribution in [0.25, 0.3) is 0 Å². The molecule has 40 heavy (non-hydrogen) atoms. The summed E-state index contributed by atoms with van der Waals surface area (Å²) in [5, 5.41) is 0.256. The molecule has 4 rings (SSSR count). The Balaban J connectivity index is 1.38. The van der Waals surface area contributed by atoms with Gasteiger partial charge in [-0.3, -0.25) is 9.59 Å². The number of Topliss-reactive ketones (excluding diaryl/α,β-unsaturated/α-hetero) is 1. The molecule has 0 N–H and O–H groups in total. The summed E-state index contributed by atoms with van der Waals surface area (Å²) in [7, 11) is 3.03. The second-order valence-corrected chi connectivity index (χ2v) is 11.1. The number of alkyl halides is 1. The molecule has 0 amide bonds. The van der Waals surface area contributed by atoms with Gasteiger partial charge in [-0.1, -0.05) is 35.3 Å². The highest BCUT2D eigenvalue weighted by Crippen LogP contribution is 2.41. The molecule has 1 aliphatic carbocycles. The molecule has 2 aliphatic rings. The minimum absolute atomic E-state index is 0.000505. The Bertz CT molecular complexity index is 1170. The fourth-order valence-electron chi connectivity index (χ4n) is 5.25. The van der Waals surface area contributed by atoms with Crippen molar-refractivity contribution in [3.63, 3.8) is 0 Å². The van der Waals surface area contributed by atoms with Crippen molar-refractivity contribution < 1.29 is 33.3 Å². The van der Waals surface area contributed by atoms with Gasteiger partial charge in [-0.2, -0.15) is 0 Å². The van der Waals surface area contributed by atoms with Crippen molar-refractivity contribution in [1.82, 2.24) is 0 Å². The second kappa shape index (κ2) is 14.8. The van der Waals surface area contributed by atoms with E-state index in [4.69, 9.17) is 23.7 Å². The highest BCUT2D eigenvalue weighted by Gasteiger charge is 2.28. The molecule has 1 saturated carbocycles. The first kappa shape index (κ1) is 30.2. The lowest BCUT2D eigenvalue weighted by Gasteiger charge is -2.29. The Hall–Kier alpha value is -2.74. The number of hydrogen-bond donors (Lipinski definition) is 0. The molecule has 2 aromatic carbocycles. The van der Waals surface area contributed by atoms with Crippen molar-refractivity contribution in [1.29, 1.82) is 0 Å². The van der Waals surface area contributed by atoms with Crippen LogP contribution in [0.4, 0.5) is 0 Å². The van der Waals surface area contributed by atoms with E-state index in [0.29, 0.717) is 49.7 Å².